The summed E-state index contributed by atoms with van der Waals surface area (Å²) in [6.45, 7) is 7.13. The summed E-state index contributed by atoms with van der Waals surface area (Å²) in [4.78, 5) is 40.8. The number of aromatic nitrogens is 5. The summed E-state index contributed by atoms with van der Waals surface area (Å²) >= 11 is 0. The highest BCUT2D eigenvalue weighted by Gasteiger charge is 2.32. The Hall–Kier alpha value is -4.55. The molecule has 1 aromatic carbocycles. The number of urea groups is 1. The van der Waals surface area contributed by atoms with Crippen LogP contribution in [0.4, 0.5) is 15.0 Å². The summed E-state index contributed by atoms with van der Waals surface area (Å²) in [6.07, 6.45) is 2.46. The summed E-state index contributed by atoms with van der Waals surface area (Å²) < 4.78 is 20.6. The van der Waals surface area contributed by atoms with E-state index in [1.165, 1.54) is 11.0 Å². The summed E-state index contributed by atoms with van der Waals surface area (Å²) in [5.41, 5.74) is 2.00. The molecular weight excluding hydrogens is 541 g/mol. The van der Waals surface area contributed by atoms with Crippen LogP contribution in [0.15, 0.2) is 35.0 Å². The number of H-pyrrole nitrogens is 1. The number of carbonyl (C=O) groups is 2. The Morgan fingerprint density at radius 2 is 1.93 bits per heavy atom. The van der Waals surface area contributed by atoms with E-state index in [9.17, 15) is 9.59 Å². The molecule has 0 saturated carbocycles. The zero-order chi connectivity index (χ0) is 30.3. The van der Waals surface area contributed by atoms with Crippen LogP contribution in [0.25, 0.3) is 22.2 Å². The number of hydrogen-bond acceptors (Lipinski definition) is 8. The molecule has 0 spiro atoms. The van der Waals surface area contributed by atoms with Crippen LogP contribution >= 0.6 is 0 Å². The summed E-state index contributed by atoms with van der Waals surface area (Å²) in [5, 5.41) is 12.2. The minimum Gasteiger partial charge on any atom is -0.352 e. The molecule has 4 aromatic rings. The molecule has 1 aliphatic heterocycles. The Balaban J connectivity index is 1.36. The number of nitrogens with one attached hydrogen (secondary N) is 1. The van der Waals surface area contributed by atoms with Crippen LogP contribution in [0, 0.1) is 5.82 Å². The van der Waals surface area contributed by atoms with Gasteiger partial charge in [0.05, 0.1) is 11.4 Å². The van der Waals surface area contributed by atoms with Gasteiger partial charge in [0.2, 0.25) is 0 Å². The van der Waals surface area contributed by atoms with Crippen molar-refractivity contribution in [1.82, 2.24) is 40.0 Å². The molecule has 0 radical (unpaired) electrons. The lowest BCUT2D eigenvalue weighted by atomic mass is 9.96. The second-order valence-electron chi connectivity index (χ2n) is 11.9. The highest BCUT2D eigenvalue weighted by atomic mass is 19.1. The lowest BCUT2D eigenvalue weighted by Crippen LogP contribution is -2.44. The number of anilines is 1. The maximum absolute atomic E-state index is 15.5. The Labute approximate surface area is 243 Å². The van der Waals surface area contributed by atoms with E-state index in [0.717, 1.165) is 23.9 Å². The smallest absolute Gasteiger partial charge is 0.319 e. The molecule has 1 unspecified atom stereocenters. The molecule has 1 atom stereocenters. The van der Waals surface area contributed by atoms with E-state index < -0.39 is 11.7 Å². The van der Waals surface area contributed by atoms with Crippen LogP contribution in [-0.2, 0) is 12.0 Å². The second kappa shape index (κ2) is 11.0. The monoisotopic (exact) mass is 577 g/mol. The third-order valence-electron chi connectivity index (χ3n) is 7.54. The highest BCUT2D eigenvalue weighted by Crippen LogP contribution is 2.36. The average Bonchev–Trinajstić information content (AvgIpc) is 3.72. The van der Waals surface area contributed by atoms with Gasteiger partial charge in [-0.25, -0.2) is 14.2 Å². The molecule has 1 N–H and O–H groups in total. The van der Waals surface area contributed by atoms with Crippen molar-refractivity contribution in [3.63, 3.8) is 0 Å². The number of rotatable bonds is 6. The van der Waals surface area contributed by atoms with Gasteiger partial charge in [-0.15, -0.1) is 0 Å². The van der Waals surface area contributed by atoms with E-state index in [4.69, 9.17) is 4.52 Å². The quantitative estimate of drug-likeness (QED) is 0.366. The van der Waals surface area contributed by atoms with E-state index in [-0.39, 0.29) is 29.9 Å². The van der Waals surface area contributed by atoms with Gasteiger partial charge in [0, 0.05) is 65.0 Å². The number of hydrogen-bond donors (Lipinski definition) is 1. The fourth-order valence-corrected chi connectivity index (χ4v) is 5.07. The van der Waals surface area contributed by atoms with Gasteiger partial charge in [-0.2, -0.15) is 10.1 Å². The number of fused-ring (bicyclic) bond motifs is 1. The molecule has 5 rings (SSSR count). The van der Waals surface area contributed by atoms with Gasteiger partial charge in [-0.1, -0.05) is 38.1 Å². The summed E-state index contributed by atoms with van der Waals surface area (Å²) in [7, 11) is 6.85. The highest BCUT2D eigenvalue weighted by molar-refractivity contribution is 6.00. The number of pyridine rings is 1. The number of amides is 3. The van der Waals surface area contributed by atoms with Gasteiger partial charge < -0.3 is 24.1 Å². The molecule has 1 fully saturated rings. The average molecular weight is 578 g/mol. The lowest BCUT2D eigenvalue weighted by molar-refractivity contribution is 0.0734. The molecule has 42 heavy (non-hydrogen) atoms. The van der Waals surface area contributed by atoms with Crippen LogP contribution in [0.5, 0.6) is 0 Å². The van der Waals surface area contributed by atoms with Crippen LogP contribution in [0.2, 0.25) is 0 Å². The molecule has 3 aromatic heterocycles. The summed E-state index contributed by atoms with van der Waals surface area (Å²) in [5.74, 6) is 0.0729. The van der Waals surface area contributed by atoms with Crippen molar-refractivity contribution in [2.45, 2.75) is 45.2 Å². The first kappa shape index (κ1) is 29.0. The van der Waals surface area contributed by atoms with Crippen molar-refractivity contribution in [2.24, 2.45) is 0 Å². The second-order valence-corrected chi connectivity index (χ2v) is 11.9. The molecule has 0 bridgehead atoms. The van der Waals surface area contributed by atoms with Gasteiger partial charge in [0.15, 0.2) is 17.3 Å². The van der Waals surface area contributed by atoms with E-state index >= 15 is 4.39 Å². The van der Waals surface area contributed by atoms with Crippen LogP contribution in [-0.4, -0.2) is 99.3 Å². The largest absolute Gasteiger partial charge is 0.352 e. The lowest BCUT2D eigenvalue weighted by Gasteiger charge is -2.27. The zero-order valence-electron chi connectivity index (χ0n) is 25.0. The topological polar surface area (TPSA) is 128 Å². The number of benzene rings is 1. The molecular formula is C29H36FN9O3. The normalized spacial score (nSPS) is 15.3. The molecule has 4 heterocycles. The zero-order valence-corrected chi connectivity index (χ0v) is 25.0. The fraction of sp³-hybridized carbons (Fsp3) is 0.448. The van der Waals surface area contributed by atoms with Crippen molar-refractivity contribution < 1.29 is 18.5 Å². The number of halogens is 1. The fourth-order valence-electron chi connectivity index (χ4n) is 5.07. The molecule has 1 saturated heterocycles. The Kier molecular flexibility index (Phi) is 7.60. The van der Waals surface area contributed by atoms with Crippen LogP contribution in [0.3, 0.4) is 0 Å². The predicted octanol–water partition coefficient (Wildman–Crippen LogP) is 3.91. The van der Waals surface area contributed by atoms with Crippen molar-refractivity contribution >= 4 is 28.8 Å². The predicted molar refractivity (Wildman–Crippen MR) is 156 cm³/mol. The standard InChI is InChI=1S/C29H36FN9O3/c1-29(2,3)27-32-25(42-35-27)26(40)37(6)15-18-9-8-17(14-21(18)30)20-10-12-31-23-22(20)24(34-33-23)39-13-11-19(16-39)38(7)28(41)36(4)5/h8-10,12,14,19H,11,13,15-16H2,1-7H3,(H,31,33,34). The SMILES string of the molecule is CN(C)C(=O)N(C)C1CCN(c2n[nH]c3nccc(-c4ccc(CN(C)C(=O)c5nc(C(C)(C)C)no5)c(F)c4)c23)C1. The first-order chi connectivity index (χ1) is 19.8. The van der Waals surface area contributed by atoms with Gasteiger partial charge in [-0.3, -0.25) is 9.89 Å². The third-order valence-corrected chi connectivity index (χ3v) is 7.54. The van der Waals surface area contributed by atoms with Gasteiger partial charge in [-0.05, 0) is 29.7 Å². The molecule has 13 heteroatoms. The van der Waals surface area contributed by atoms with Gasteiger partial charge in [0.1, 0.15) is 5.82 Å². The van der Waals surface area contributed by atoms with Crippen LogP contribution < -0.4 is 4.90 Å². The molecule has 1 aliphatic rings. The third kappa shape index (κ3) is 5.50. The van der Waals surface area contributed by atoms with E-state index in [1.807, 2.05) is 40.0 Å². The molecule has 222 valence electrons. The Morgan fingerprint density at radius 3 is 2.60 bits per heavy atom. The van der Waals surface area contributed by atoms with Crippen molar-refractivity contribution in [3.05, 3.63) is 53.6 Å². The van der Waals surface area contributed by atoms with Gasteiger partial charge >= 0.3 is 17.8 Å². The minimum atomic E-state index is -0.484. The Bertz CT molecular complexity index is 1620. The summed E-state index contributed by atoms with van der Waals surface area (Å²) in [6, 6.07) is 6.77. The van der Waals surface area contributed by atoms with E-state index in [2.05, 4.69) is 30.2 Å². The van der Waals surface area contributed by atoms with Crippen molar-refractivity contribution in [1.29, 1.82) is 0 Å². The maximum atomic E-state index is 15.5. The number of aromatic amines is 1. The molecule has 3 amide bonds. The first-order valence-corrected chi connectivity index (χ1v) is 13.8. The van der Waals surface area contributed by atoms with Crippen molar-refractivity contribution in [3.8, 4) is 11.1 Å². The van der Waals surface area contributed by atoms with Gasteiger partial charge in [0.25, 0.3) is 0 Å². The maximum Gasteiger partial charge on any atom is 0.319 e. The minimum absolute atomic E-state index is 0.0231. The number of nitrogens with zero attached hydrogens (tertiary/aromatic N) is 8. The van der Waals surface area contributed by atoms with E-state index in [1.54, 1.807) is 43.2 Å². The van der Waals surface area contributed by atoms with Crippen LogP contribution in [0.1, 0.15) is 49.3 Å². The number of likely N-dealkylation sites (N-methyl/N-ethyl adjacent to an activating group) is 1. The molecule has 0 aliphatic carbocycles. The van der Waals surface area contributed by atoms with Crippen molar-refractivity contribution in [2.75, 3.05) is 46.2 Å². The molecule has 12 nitrogen and oxygen atoms in total. The van der Waals surface area contributed by atoms with E-state index in [0.29, 0.717) is 35.0 Å². The first-order valence-electron chi connectivity index (χ1n) is 13.8. The number of carbonyl (C=O) groups excluding carboxylic acids is 2. The Morgan fingerprint density at radius 1 is 1.17 bits per heavy atom.